The van der Waals surface area contributed by atoms with E-state index in [0.29, 0.717) is 27.1 Å². The summed E-state index contributed by atoms with van der Waals surface area (Å²) in [7, 11) is 0. The first-order valence-electron chi connectivity index (χ1n) is 6.71. The van der Waals surface area contributed by atoms with Crippen LogP contribution in [0.15, 0.2) is 46.0 Å². The molecule has 9 heteroatoms. The molecule has 24 heavy (non-hydrogen) atoms. The zero-order valence-electron chi connectivity index (χ0n) is 12.1. The van der Waals surface area contributed by atoms with E-state index < -0.39 is 10.8 Å². The molecule has 0 fully saturated rings. The fourth-order valence-corrected chi connectivity index (χ4v) is 2.41. The average molecular weight is 392 g/mol. The molecule has 1 amide bonds. The van der Waals surface area contributed by atoms with Crippen molar-refractivity contribution in [1.29, 1.82) is 0 Å². The third kappa shape index (κ3) is 3.35. The van der Waals surface area contributed by atoms with Gasteiger partial charge in [0.25, 0.3) is 11.6 Å². The van der Waals surface area contributed by atoms with Crippen LogP contribution in [0.4, 0.5) is 5.69 Å². The highest BCUT2D eigenvalue weighted by Gasteiger charge is 2.16. The van der Waals surface area contributed by atoms with E-state index in [4.69, 9.17) is 9.47 Å². The molecule has 0 aromatic heterocycles. The highest BCUT2D eigenvalue weighted by atomic mass is 79.9. The van der Waals surface area contributed by atoms with E-state index in [0.717, 1.165) is 0 Å². The molecule has 0 unspecified atom stereocenters. The number of amides is 1. The van der Waals surface area contributed by atoms with E-state index in [9.17, 15) is 14.9 Å². The zero-order valence-corrected chi connectivity index (χ0v) is 13.6. The maximum atomic E-state index is 12.0. The molecule has 3 rings (SSSR count). The predicted molar refractivity (Wildman–Crippen MR) is 88.4 cm³/mol. The van der Waals surface area contributed by atoms with E-state index in [1.54, 1.807) is 30.3 Å². The Morgan fingerprint density at radius 3 is 2.83 bits per heavy atom. The molecule has 0 saturated heterocycles. The smallest absolute Gasteiger partial charge is 0.284 e. The summed E-state index contributed by atoms with van der Waals surface area (Å²) >= 11 is 3.10. The highest BCUT2D eigenvalue weighted by molar-refractivity contribution is 9.10. The summed E-state index contributed by atoms with van der Waals surface area (Å²) in [6, 6.07) is 9.30. The normalized spacial score (nSPS) is 12.4. The first-order chi connectivity index (χ1) is 11.5. The third-order valence-corrected chi connectivity index (χ3v) is 3.85. The molecule has 122 valence electrons. The van der Waals surface area contributed by atoms with Crippen molar-refractivity contribution in [2.24, 2.45) is 5.10 Å². The summed E-state index contributed by atoms with van der Waals surface area (Å²) in [4.78, 5) is 22.4. The molecule has 2 aromatic carbocycles. The number of nitro groups is 1. The topological polar surface area (TPSA) is 103 Å². The SMILES string of the molecule is O=C(NN=Cc1ccc(Br)c([N+](=O)[O-])c1)c1ccc2c(c1)OCO2. The fourth-order valence-electron chi connectivity index (χ4n) is 2.02. The Labute approximate surface area is 144 Å². The number of nitrogens with one attached hydrogen (secondary N) is 1. The number of hydrazone groups is 1. The van der Waals surface area contributed by atoms with E-state index in [-0.39, 0.29) is 12.5 Å². The molecular weight excluding hydrogens is 382 g/mol. The lowest BCUT2D eigenvalue weighted by atomic mass is 10.2. The van der Waals surface area contributed by atoms with Gasteiger partial charge in [-0.3, -0.25) is 14.9 Å². The predicted octanol–water partition coefficient (Wildman–Crippen LogP) is 2.85. The molecule has 0 atom stereocenters. The Morgan fingerprint density at radius 1 is 1.25 bits per heavy atom. The Hall–Kier alpha value is -2.94. The number of hydrogen-bond donors (Lipinski definition) is 1. The molecule has 1 aliphatic heterocycles. The van der Waals surface area contributed by atoms with Crippen molar-refractivity contribution in [3.05, 3.63) is 62.1 Å². The Balaban J connectivity index is 1.69. The van der Waals surface area contributed by atoms with Gasteiger partial charge in [0.05, 0.1) is 15.6 Å². The van der Waals surface area contributed by atoms with Crippen LogP contribution < -0.4 is 14.9 Å². The highest BCUT2D eigenvalue weighted by Crippen LogP contribution is 2.32. The van der Waals surface area contributed by atoms with Crippen molar-refractivity contribution < 1.29 is 19.2 Å². The monoisotopic (exact) mass is 391 g/mol. The second-order valence-electron chi connectivity index (χ2n) is 4.74. The van der Waals surface area contributed by atoms with Crippen molar-refractivity contribution in [1.82, 2.24) is 5.43 Å². The van der Waals surface area contributed by atoms with Crippen molar-refractivity contribution >= 4 is 33.7 Å². The van der Waals surface area contributed by atoms with Gasteiger partial charge in [-0.2, -0.15) is 5.10 Å². The summed E-state index contributed by atoms with van der Waals surface area (Å²) in [5.41, 5.74) is 3.11. The molecule has 0 bridgehead atoms. The number of carbonyl (C=O) groups is 1. The molecule has 8 nitrogen and oxygen atoms in total. The van der Waals surface area contributed by atoms with Gasteiger partial charge < -0.3 is 9.47 Å². The molecule has 0 aliphatic carbocycles. The van der Waals surface area contributed by atoms with Crippen LogP contribution in [0.3, 0.4) is 0 Å². The number of halogens is 1. The molecule has 0 spiro atoms. The van der Waals surface area contributed by atoms with Crippen molar-refractivity contribution in [3.63, 3.8) is 0 Å². The summed E-state index contributed by atoms with van der Waals surface area (Å²) in [6.07, 6.45) is 1.32. The van der Waals surface area contributed by atoms with Crippen LogP contribution in [0, 0.1) is 10.1 Å². The molecule has 1 N–H and O–H groups in total. The van der Waals surface area contributed by atoms with Crippen molar-refractivity contribution in [2.45, 2.75) is 0 Å². The van der Waals surface area contributed by atoms with E-state index in [1.165, 1.54) is 12.3 Å². The quantitative estimate of drug-likeness (QED) is 0.490. The van der Waals surface area contributed by atoms with Gasteiger partial charge in [0.2, 0.25) is 6.79 Å². The van der Waals surface area contributed by atoms with E-state index in [2.05, 4.69) is 26.5 Å². The minimum atomic E-state index is -0.507. The molecule has 1 heterocycles. The van der Waals surface area contributed by atoms with Crippen LogP contribution in [0.1, 0.15) is 15.9 Å². The summed E-state index contributed by atoms with van der Waals surface area (Å²) in [6.45, 7) is 0.126. The van der Waals surface area contributed by atoms with Crippen LogP contribution in [0.2, 0.25) is 0 Å². The molecule has 1 aliphatic rings. The maximum absolute atomic E-state index is 12.0. The number of benzene rings is 2. The Kier molecular flexibility index (Phi) is 4.43. The van der Waals surface area contributed by atoms with Crippen LogP contribution >= 0.6 is 15.9 Å². The fraction of sp³-hybridized carbons (Fsp3) is 0.0667. The second kappa shape index (κ2) is 6.67. The molecule has 2 aromatic rings. The van der Waals surface area contributed by atoms with Gasteiger partial charge in [-0.1, -0.05) is 6.07 Å². The van der Waals surface area contributed by atoms with Gasteiger partial charge in [-0.05, 0) is 40.2 Å². The number of carbonyl (C=O) groups excluding carboxylic acids is 1. The van der Waals surface area contributed by atoms with Crippen molar-refractivity contribution in [2.75, 3.05) is 6.79 Å². The lowest BCUT2D eigenvalue weighted by molar-refractivity contribution is -0.385. The summed E-state index contributed by atoms with van der Waals surface area (Å²) < 4.78 is 10.7. The standard InChI is InChI=1S/C15H10BrN3O5/c16-11-3-1-9(5-12(11)19(21)22)7-17-18-15(20)10-2-4-13-14(6-10)24-8-23-13/h1-7H,8H2,(H,18,20). The minimum Gasteiger partial charge on any atom is -0.454 e. The summed E-state index contributed by atoms with van der Waals surface area (Å²) in [5, 5.41) is 14.7. The van der Waals surface area contributed by atoms with Gasteiger partial charge >= 0.3 is 0 Å². The maximum Gasteiger partial charge on any atom is 0.284 e. The van der Waals surface area contributed by atoms with Gasteiger partial charge in [0.1, 0.15) is 0 Å². The van der Waals surface area contributed by atoms with Crippen molar-refractivity contribution in [3.8, 4) is 11.5 Å². The first kappa shape index (κ1) is 15.9. The van der Waals surface area contributed by atoms with Gasteiger partial charge in [-0.25, -0.2) is 5.43 Å². The Bertz CT molecular complexity index is 853. The van der Waals surface area contributed by atoms with Gasteiger partial charge in [0, 0.05) is 17.2 Å². The van der Waals surface area contributed by atoms with E-state index in [1.807, 2.05) is 0 Å². The molecule has 0 saturated carbocycles. The number of nitrogens with zero attached hydrogens (tertiary/aromatic N) is 2. The van der Waals surface area contributed by atoms with Crippen LogP contribution in [-0.2, 0) is 0 Å². The molecular formula is C15H10BrN3O5. The Morgan fingerprint density at radius 2 is 2.04 bits per heavy atom. The summed E-state index contributed by atoms with van der Waals surface area (Å²) in [5.74, 6) is 0.642. The number of fused-ring (bicyclic) bond motifs is 1. The third-order valence-electron chi connectivity index (χ3n) is 3.18. The lowest BCUT2D eigenvalue weighted by Crippen LogP contribution is -2.17. The first-order valence-corrected chi connectivity index (χ1v) is 7.51. The lowest BCUT2D eigenvalue weighted by Gasteiger charge is -2.02. The average Bonchev–Trinajstić information content (AvgIpc) is 3.03. The number of rotatable bonds is 4. The minimum absolute atomic E-state index is 0.0824. The van der Waals surface area contributed by atoms with Gasteiger partial charge in [-0.15, -0.1) is 0 Å². The zero-order chi connectivity index (χ0) is 17.1. The van der Waals surface area contributed by atoms with Crippen LogP contribution in [-0.4, -0.2) is 23.8 Å². The van der Waals surface area contributed by atoms with Gasteiger partial charge in [0.15, 0.2) is 11.5 Å². The second-order valence-corrected chi connectivity index (χ2v) is 5.59. The number of ether oxygens (including phenoxy) is 2. The number of nitro benzene ring substituents is 1. The number of hydrogen-bond acceptors (Lipinski definition) is 6. The molecule has 0 radical (unpaired) electrons. The van der Waals surface area contributed by atoms with Crippen LogP contribution in [0.5, 0.6) is 11.5 Å². The largest absolute Gasteiger partial charge is 0.454 e. The van der Waals surface area contributed by atoms with Crippen LogP contribution in [0.25, 0.3) is 0 Å². The van der Waals surface area contributed by atoms with E-state index >= 15 is 0 Å².